The van der Waals surface area contributed by atoms with Crippen LogP contribution in [0.15, 0.2) is 24.3 Å². The second-order valence-electron chi connectivity index (χ2n) is 4.55. The summed E-state index contributed by atoms with van der Waals surface area (Å²) in [4.78, 5) is 0. The van der Waals surface area contributed by atoms with Gasteiger partial charge in [0.15, 0.2) is 0 Å². The van der Waals surface area contributed by atoms with Gasteiger partial charge in [0.2, 0.25) is 0 Å². The van der Waals surface area contributed by atoms with Crippen molar-refractivity contribution < 1.29 is 0 Å². The lowest BCUT2D eigenvalue weighted by molar-refractivity contribution is 0.715. The molecule has 0 heteroatoms. The molecule has 0 saturated heterocycles. The predicted octanol–water partition coefficient (Wildman–Crippen LogP) is 5.16. The molecule has 0 nitrogen and oxygen atoms in total. The summed E-state index contributed by atoms with van der Waals surface area (Å²) in [6, 6.07) is 9.08. The molecule has 0 spiro atoms. The van der Waals surface area contributed by atoms with Crippen LogP contribution < -0.4 is 0 Å². The van der Waals surface area contributed by atoms with Crippen molar-refractivity contribution in [2.75, 3.05) is 0 Å². The first-order chi connectivity index (χ1) is 7.86. The molecule has 0 heterocycles. The maximum Gasteiger partial charge on any atom is -0.00931 e. The zero-order chi connectivity index (χ0) is 11.6. The fourth-order valence-corrected chi connectivity index (χ4v) is 1.86. The lowest BCUT2D eigenvalue weighted by atomic mass is 10.0. The molecule has 0 aliphatic heterocycles. The fourth-order valence-electron chi connectivity index (χ4n) is 1.86. The minimum atomic E-state index is 1.22. The van der Waals surface area contributed by atoms with E-state index in [9.17, 15) is 0 Å². The largest absolute Gasteiger partial charge is 0.0654 e. The highest BCUT2D eigenvalue weighted by molar-refractivity contribution is 5.27. The molecular weight excluding hydrogens is 192 g/mol. The number of aryl methyl sites for hydroxylation is 1. The Hall–Kier alpha value is -0.780. The molecule has 0 bridgehead atoms. The summed E-state index contributed by atoms with van der Waals surface area (Å²) in [6.07, 6.45) is 11.4. The Bertz CT molecular complexity index is 258. The van der Waals surface area contributed by atoms with Gasteiger partial charge in [0.25, 0.3) is 0 Å². The van der Waals surface area contributed by atoms with E-state index in [1.165, 1.54) is 56.1 Å². The minimum Gasteiger partial charge on any atom is -0.0654 e. The van der Waals surface area contributed by atoms with Crippen molar-refractivity contribution in [2.45, 2.75) is 58.8 Å². The molecule has 1 radical (unpaired) electrons. The van der Waals surface area contributed by atoms with E-state index in [0.29, 0.717) is 0 Å². The Morgan fingerprint density at radius 2 is 1.56 bits per heavy atom. The first-order valence-corrected chi connectivity index (χ1v) is 6.79. The number of rotatable bonds is 8. The molecule has 1 aromatic carbocycles. The van der Waals surface area contributed by atoms with Gasteiger partial charge in [-0.25, -0.2) is 0 Å². The Morgan fingerprint density at radius 3 is 2.19 bits per heavy atom. The van der Waals surface area contributed by atoms with E-state index >= 15 is 0 Å². The highest BCUT2D eigenvalue weighted by atomic mass is 14.0. The summed E-state index contributed by atoms with van der Waals surface area (Å²) >= 11 is 0. The number of hydrogen-bond acceptors (Lipinski definition) is 0. The summed E-state index contributed by atoms with van der Waals surface area (Å²) < 4.78 is 0. The van der Waals surface area contributed by atoms with E-state index in [0.717, 1.165) is 0 Å². The molecule has 0 unspecified atom stereocenters. The van der Waals surface area contributed by atoms with E-state index in [2.05, 4.69) is 44.5 Å². The molecule has 0 atom stereocenters. The Balaban J connectivity index is 2.27. The van der Waals surface area contributed by atoms with Crippen molar-refractivity contribution in [1.82, 2.24) is 0 Å². The van der Waals surface area contributed by atoms with Crippen molar-refractivity contribution in [3.05, 3.63) is 41.8 Å². The average molecular weight is 217 g/mol. The first-order valence-electron chi connectivity index (χ1n) is 6.79. The number of unbranched alkanes of at least 4 members (excludes halogenated alkanes) is 4. The zero-order valence-electron chi connectivity index (χ0n) is 10.8. The third-order valence-electron chi connectivity index (χ3n) is 2.99. The summed E-state index contributed by atoms with van der Waals surface area (Å²) in [5.74, 6) is 0. The third kappa shape index (κ3) is 5.34. The molecule has 16 heavy (non-hydrogen) atoms. The lowest BCUT2D eigenvalue weighted by Crippen LogP contribution is -1.87. The van der Waals surface area contributed by atoms with E-state index in [1.54, 1.807) is 0 Å². The van der Waals surface area contributed by atoms with Gasteiger partial charge in [0.1, 0.15) is 0 Å². The maximum atomic E-state index is 2.36. The van der Waals surface area contributed by atoms with Crippen LogP contribution in [0.4, 0.5) is 0 Å². The molecule has 0 aliphatic rings. The molecule has 0 aromatic heterocycles. The van der Waals surface area contributed by atoms with Crippen LogP contribution in [0.25, 0.3) is 0 Å². The van der Waals surface area contributed by atoms with Gasteiger partial charge in [-0.2, -0.15) is 0 Å². The van der Waals surface area contributed by atoms with E-state index in [1.807, 2.05) is 0 Å². The third-order valence-corrected chi connectivity index (χ3v) is 2.99. The Labute approximate surface area is 101 Å². The van der Waals surface area contributed by atoms with Gasteiger partial charge in [0.05, 0.1) is 0 Å². The van der Waals surface area contributed by atoms with E-state index < -0.39 is 0 Å². The van der Waals surface area contributed by atoms with Crippen LogP contribution in [-0.2, 0) is 6.42 Å². The van der Waals surface area contributed by atoms with Crippen LogP contribution >= 0.6 is 0 Å². The summed E-state index contributed by atoms with van der Waals surface area (Å²) in [6.45, 7) is 4.50. The monoisotopic (exact) mass is 217 g/mol. The van der Waals surface area contributed by atoms with Crippen molar-refractivity contribution in [2.24, 2.45) is 0 Å². The average Bonchev–Trinajstić information content (AvgIpc) is 2.33. The van der Waals surface area contributed by atoms with Gasteiger partial charge in [-0.1, -0.05) is 63.8 Å². The van der Waals surface area contributed by atoms with E-state index in [-0.39, 0.29) is 0 Å². The normalized spacial score (nSPS) is 10.6. The second-order valence-corrected chi connectivity index (χ2v) is 4.55. The van der Waals surface area contributed by atoms with Crippen LogP contribution in [0.2, 0.25) is 0 Å². The summed E-state index contributed by atoms with van der Waals surface area (Å²) in [7, 11) is 0. The topological polar surface area (TPSA) is 0 Å². The SMILES string of the molecule is CCCCC[CH]c1ccc(CCCC)cc1. The molecule has 1 aromatic rings. The fraction of sp³-hybridized carbons (Fsp3) is 0.562. The molecular formula is C16H25. The van der Waals surface area contributed by atoms with Crippen LogP contribution in [0, 0.1) is 6.42 Å². The molecule has 1 rings (SSSR count). The highest BCUT2D eigenvalue weighted by Gasteiger charge is 1.95. The van der Waals surface area contributed by atoms with Gasteiger partial charge in [-0.05, 0) is 36.8 Å². The summed E-state index contributed by atoms with van der Waals surface area (Å²) in [5.41, 5.74) is 2.86. The molecule has 0 aliphatic carbocycles. The minimum absolute atomic E-state index is 1.22. The van der Waals surface area contributed by atoms with Crippen LogP contribution in [0.5, 0.6) is 0 Å². The van der Waals surface area contributed by atoms with Crippen molar-refractivity contribution in [3.8, 4) is 0 Å². The van der Waals surface area contributed by atoms with Crippen molar-refractivity contribution >= 4 is 0 Å². The zero-order valence-corrected chi connectivity index (χ0v) is 10.8. The quantitative estimate of drug-likeness (QED) is 0.527. The predicted molar refractivity (Wildman–Crippen MR) is 72.6 cm³/mol. The molecule has 0 N–H and O–H groups in total. The smallest absolute Gasteiger partial charge is 0.00931 e. The molecule has 0 amide bonds. The number of hydrogen-bond donors (Lipinski definition) is 0. The van der Waals surface area contributed by atoms with E-state index in [4.69, 9.17) is 0 Å². The number of benzene rings is 1. The van der Waals surface area contributed by atoms with Gasteiger partial charge in [-0.15, -0.1) is 0 Å². The van der Waals surface area contributed by atoms with Crippen molar-refractivity contribution in [1.29, 1.82) is 0 Å². The van der Waals surface area contributed by atoms with Gasteiger partial charge < -0.3 is 0 Å². The van der Waals surface area contributed by atoms with Crippen LogP contribution in [-0.4, -0.2) is 0 Å². The standard InChI is InChI=1S/C16H25/c1-3-5-7-8-10-16-13-11-15(12-14-16)9-6-4-2/h10-14H,3-9H2,1-2H3. The van der Waals surface area contributed by atoms with Crippen LogP contribution in [0.3, 0.4) is 0 Å². The molecule has 0 saturated carbocycles. The Morgan fingerprint density at radius 1 is 0.875 bits per heavy atom. The second kappa shape index (κ2) is 8.38. The molecule has 89 valence electrons. The van der Waals surface area contributed by atoms with Crippen molar-refractivity contribution in [3.63, 3.8) is 0 Å². The lowest BCUT2D eigenvalue weighted by Gasteiger charge is -2.03. The van der Waals surface area contributed by atoms with Crippen LogP contribution in [0.1, 0.15) is 63.5 Å². The van der Waals surface area contributed by atoms with Gasteiger partial charge in [-0.3, -0.25) is 0 Å². The van der Waals surface area contributed by atoms with Gasteiger partial charge >= 0.3 is 0 Å². The highest BCUT2D eigenvalue weighted by Crippen LogP contribution is 2.12. The molecule has 0 fully saturated rings. The maximum absolute atomic E-state index is 2.36. The Kier molecular flexibility index (Phi) is 6.96. The summed E-state index contributed by atoms with van der Waals surface area (Å²) in [5, 5.41) is 0. The van der Waals surface area contributed by atoms with Gasteiger partial charge in [0, 0.05) is 0 Å². The first kappa shape index (κ1) is 13.3.